The van der Waals surface area contributed by atoms with Crippen molar-refractivity contribution in [2.24, 2.45) is 17.3 Å². The summed E-state index contributed by atoms with van der Waals surface area (Å²) < 4.78 is 5.76. The summed E-state index contributed by atoms with van der Waals surface area (Å²) in [4.78, 5) is 12.4. The molecule has 0 spiro atoms. The third-order valence-corrected chi connectivity index (χ3v) is 6.10. The number of Topliss-reactive ketones (excluding diaryl/α,β-unsaturated/α-hetero) is 1. The highest BCUT2D eigenvalue weighted by Crippen LogP contribution is 2.64. The van der Waals surface area contributed by atoms with E-state index < -0.39 is 0 Å². The molecule has 1 aromatic heterocycles. The van der Waals surface area contributed by atoms with E-state index in [1.54, 1.807) is 0 Å². The van der Waals surface area contributed by atoms with Crippen molar-refractivity contribution in [1.82, 2.24) is 0 Å². The Bertz CT molecular complexity index is 527. The highest BCUT2D eigenvalue weighted by Gasteiger charge is 2.60. The summed E-state index contributed by atoms with van der Waals surface area (Å²) >= 11 is 0. The van der Waals surface area contributed by atoms with Crippen molar-refractivity contribution in [3.63, 3.8) is 0 Å². The van der Waals surface area contributed by atoms with Gasteiger partial charge in [-0.15, -0.1) is 0 Å². The molecular weight excluding hydrogens is 224 g/mol. The molecule has 2 nitrogen and oxygen atoms in total. The van der Waals surface area contributed by atoms with Crippen molar-refractivity contribution in [2.75, 3.05) is 0 Å². The lowest BCUT2D eigenvalue weighted by molar-refractivity contribution is -0.124. The van der Waals surface area contributed by atoms with Gasteiger partial charge >= 0.3 is 0 Å². The van der Waals surface area contributed by atoms with Crippen LogP contribution in [0.5, 0.6) is 0 Å². The topological polar surface area (TPSA) is 30.2 Å². The molecule has 1 heterocycles. The maximum absolute atomic E-state index is 12.4. The van der Waals surface area contributed by atoms with Crippen LogP contribution in [0.3, 0.4) is 0 Å². The zero-order valence-corrected chi connectivity index (χ0v) is 11.2. The highest BCUT2D eigenvalue weighted by molar-refractivity contribution is 5.86. The van der Waals surface area contributed by atoms with Gasteiger partial charge in [-0.05, 0) is 36.7 Å². The van der Waals surface area contributed by atoms with Crippen LogP contribution in [0.4, 0.5) is 0 Å². The smallest absolute Gasteiger partial charge is 0.137 e. The second-order valence-electron chi connectivity index (χ2n) is 6.73. The first-order chi connectivity index (χ1) is 8.62. The molecule has 0 radical (unpaired) electrons. The molecule has 3 aliphatic carbocycles. The monoisotopic (exact) mass is 244 g/mol. The number of carbonyl (C=O) groups is 1. The lowest BCUT2D eigenvalue weighted by Gasteiger charge is -2.49. The molecule has 2 heteroatoms. The first-order valence-electron chi connectivity index (χ1n) is 7.22. The summed E-state index contributed by atoms with van der Waals surface area (Å²) in [7, 11) is 0. The van der Waals surface area contributed by atoms with E-state index in [-0.39, 0.29) is 5.41 Å². The molecule has 4 unspecified atom stereocenters. The van der Waals surface area contributed by atoms with Gasteiger partial charge in [0.15, 0.2) is 0 Å². The SMILES string of the molecule is Cc1coc2c1C1CC(=O)C3CCCC(C2)C31C. The third-order valence-electron chi connectivity index (χ3n) is 6.10. The van der Waals surface area contributed by atoms with E-state index in [1.165, 1.54) is 29.7 Å². The van der Waals surface area contributed by atoms with Crippen molar-refractivity contribution in [1.29, 1.82) is 0 Å². The van der Waals surface area contributed by atoms with E-state index in [0.717, 1.165) is 19.3 Å². The van der Waals surface area contributed by atoms with Gasteiger partial charge in [0.1, 0.15) is 11.5 Å². The van der Waals surface area contributed by atoms with E-state index in [2.05, 4.69) is 13.8 Å². The van der Waals surface area contributed by atoms with E-state index in [9.17, 15) is 4.79 Å². The lowest BCUT2D eigenvalue weighted by Crippen LogP contribution is -2.44. The molecule has 0 aromatic carbocycles. The van der Waals surface area contributed by atoms with E-state index in [4.69, 9.17) is 4.42 Å². The summed E-state index contributed by atoms with van der Waals surface area (Å²) in [5.41, 5.74) is 2.86. The second-order valence-corrected chi connectivity index (χ2v) is 6.73. The predicted molar refractivity (Wildman–Crippen MR) is 68.5 cm³/mol. The van der Waals surface area contributed by atoms with Crippen molar-refractivity contribution in [3.8, 4) is 0 Å². The Morgan fingerprint density at radius 2 is 2.11 bits per heavy atom. The average molecular weight is 244 g/mol. The van der Waals surface area contributed by atoms with Gasteiger partial charge in [-0.3, -0.25) is 4.79 Å². The third kappa shape index (κ3) is 1.08. The normalized spacial score (nSPS) is 41.7. The van der Waals surface area contributed by atoms with Gasteiger partial charge < -0.3 is 4.42 Å². The summed E-state index contributed by atoms with van der Waals surface area (Å²) in [6, 6.07) is 0. The fraction of sp³-hybridized carbons (Fsp3) is 0.688. The number of fused-ring (bicyclic) bond motifs is 2. The van der Waals surface area contributed by atoms with Crippen LogP contribution in [0.25, 0.3) is 0 Å². The van der Waals surface area contributed by atoms with Crippen molar-refractivity contribution in [2.45, 2.75) is 51.9 Å². The summed E-state index contributed by atoms with van der Waals surface area (Å²) in [6.45, 7) is 4.51. The Hall–Kier alpha value is -1.05. The van der Waals surface area contributed by atoms with Gasteiger partial charge in [0.2, 0.25) is 0 Å². The number of hydrogen-bond acceptors (Lipinski definition) is 2. The minimum Gasteiger partial charge on any atom is -0.469 e. The van der Waals surface area contributed by atoms with Crippen molar-refractivity contribution in [3.05, 3.63) is 23.2 Å². The Morgan fingerprint density at radius 3 is 2.94 bits per heavy atom. The summed E-state index contributed by atoms with van der Waals surface area (Å²) in [5, 5.41) is 0. The second kappa shape index (κ2) is 3.28. The number of ketones is 1. The molecule has 0 bridgehead atoms. The molecule has 3 aliphatic rings. The van der Waals surface area contributed by atoms with Crippen LogP contribution >= 0.6 is 0 Å². The number of aryl methyl sites for hydroxylation is 1. The zero-order chi connectivity index (χ0) is 12.5. The zero-order valence-electron chi connectivity index (χ0n) is 11.2. The van der Waals surface area contributed by atoms with E-state index >= 15 is 0 Å². The Morgan fingerprint density at radius 1 is 1.28 bits per heavy atom. The molecule has 0 aliphatic heterocycles. The molecule has 18 heavy (non-hydrogen) atoms. The maximum Gasteiger partial charge on any atom is 0.137 e. The predicted octanol–water partition coefficient (Wildman–Crippen LogP) is 3.62. The van der Waals surface area contributed by atoms with Crippen LogP contribution in [0.15, 0.2) is 10.7 Å². The number of furan rings is 1. The molecule has 0 amide bonds. The first-order valence-corrected chi connectivity index (χ1v) is 7.22. The maximum atomic E-state index is 12.4. The Labute approximate surface area is 108 Å². The van der Waals surface area contributed by atoms with Gasteiger partial charge in [0.25, 0.3) is 0 Å². The molecule has 2 saturated carbocycles. The van der Waals surface area contributed by atoms with E-state index in [0.29, 0.717) is 23.5 Å². The number of carbonyl (C=O) groups excluding carboxylic acids is 1. The summed E-state index contributed by atoms with van der Waals surface area (Å²) in [5.74, 6) is 3.10. The van der Waals surface area contributed by atoms with E-state index in [1.807, 2.05) is 6.26 Å². The van der Waals surface area contributed by atoms with Crippen LogP contribution < -0.4 is 0 Å². The quantitative estimate of drug-likeness (QED) is 0.697. The van der Waals surface area contributed by atoms with Crippen LogP contribution in [0, 0.1) is 24.2 Å². The molecule has 2 fully saturated rings. The van der Waals surface area contributed by atoms with Crippen molar-refractivity contribution < 1.29 is 9.21 Å². The lowest BCUT2D eigenvalue weighted by atomic mass is 9.54. The standard InChI is InChI=1S/C16H20O2/c1-9-8-18-14-6-10-4-3-5-11-13(17)7-12(15(9)14)16(10,11)2/h8,10-12H,3-7H2,1-2H3. The highest BCUT2D eigenvalue weighted by atomic mass is 16.3. The van der Waals surface area contributed by atoms with Gasteiger partial charge in [-0.1, -0.05) is 13.3 Å². The molecule has 0 saturated heterocycles. The van der Waals surface area contributed by atoms with Crippen LogP contribution in [-0.4, -0.2) is 5.78 Å². The average Bonchev–Trinajstić information content (AvgIpc) is 2.81. The minimum atomic E-state index is 0.219. The number of rotatable bonds is 0. The number of hydrogen-bond donors (Lipinski definition) is 0. The van der Waals surface area contributed by atoms with Gasteiger partial charge in [0, 0.05) is 30.2 Å². The van der Waals surface area contributed by atoms with Crippen LogP contribution in [0.2, 0.25) is 0 Å². The Kier molecular flexibility index (Phi) is 1.98. The molecular formula is C16H20O2. The van der Waals surface area contributed by atoms with Crippen LogP contribution in [0.1, 0.15) is 55.4 Å². The largest absolute Gasteiger partial charge is 0.469 e. The summed E-state index contributed by atoms with van der Waals surface area (Å²) in [6.07, 6.45) is 7.32. The van der Waals surface area contributed by atoms with Gasteiger partial charge in [-0.25, -0.2) is 0 Å². The molecule has 0 N–H and O–H groups in total. The molecule has 1 aromatic rings. The fourth-order valence-electron chi connectivity index (χ4n) is 5.17. The molecule has 4 atom stereocenters. The fourth-order valence-corrected chi connectivity index (χ4v) is 5.17. The van der Waals surface area contributed by atoms with Crippen LogP contribution in [-0.2, 0) is 11.2 Å². The minimum absolute atomic E-state index is 0.219. The van der Waals surface area contributed by atoms with Gasteiger partial charge in [0.05, 0.1) is 6.26 Å². The Balaban J connectivity index is 1.93. The first kappa shape index (κ1) is 10.8. The molecule has 4 rings (SSSR count). The molecule has 96 valence electrons. The van der Waals surface area contributed by atoms with Crippen molar-refractivity contribution >= 4 is 5.78 Å². The van der Waals surface area contributed by atoms with Gasteiger partial charge in [-0.2, -0.15) is 0 Å².